The summed E-state index contributed by atoms with van der Waals surface area (Å²) in [7, 11) is 0. The fourth-order valence-electron chi connectivity index (χ4n) is 0. The summed E-state index contributed by atoms with van der Waals surface area (Å²) >= 11 is 8.65. The molecule has 9 heteroatoms. The largest absolute Gasteiger partial charge is 0.473 e. The molecule has 0 aliphatic carbocycles. The first kappa shape index (κ1) is 17.5. The van der Waals surface area contributed by atoms with E-state index in [0.717, 1.165) is 0 Å². The Hall–Kier alpha value is -0.540. The second-order valence-electron chi connectivity index (χ2n) is 0.848. The molecule has 0 spiro atoms. The van der Waals surface area contributed by atoms with E-state index in [1.807, 2.05) is 0 Å². The van der Waals surface area contributed by atoms with Gasteiger partial charge in [0.15, 0.2) is 0 Å². The van der Waals surface area contributed by atoms with Gasteiger partial charge in [0.05, 0.1) is 0 Å². The Kier molecular flexibility index (Phi) is 19.1. The Bertz CT molecular complexity index is 116. The highest BCUT2D eigenvalue weighted by Crippen LogP contribution is 1.66. The fourth-order valence-corrected chi connectivity index (χ4v) is 0. The first-order valence-electron chi connectivity index (χ1n) is 1.95. The third-order valence-corrected chi connectivity index (χ3v) is 0. The summed E-state index contributed by atoms with van der Waals surface area (Å²) in [6.45, 7) is 0. The predicted octanol–water partition coefficient (Wildman–Crippen LogP) is 1.78. The van der Waals surface area contributed by atoms with Crippen LogP contribution in [0.2, 0.25) is 0 Å². The standard InChI is InChI=1S/3CH2O2S/c3*2-1(3)4/h3*4H,(H,2,3). The lowest BCUT2D eigenvalue weighted by Crippen LogP contribution is -1.67. The van der Waals surface area contributed by atoms with Crippen LogP contribution in [-0.4, -0.2) is 31.2 Å². The minimum absolute atomic E-state index is 1.14. The zero-order valence-electron chi connectivity index (χ0n) is 5.41. The van der Waals surface area contributed by atoms with Crippen molar-refractivity contribution in [1.29, 1.82) is 0 Å². The minimum Gasteiger partial charge on any atom is -0.473 e. The van der Waals surface area contributed by atoms with Crippen LogP contribution in [0, 0.1) is 0 Å². The van der Waals surface area contributed by atoms with Crippen LogP contribution < -0.4 is 0 Å². The molecule has 0 aromatic heterocycles. The molecule has 6 nitrogen and oxygen atoms in total. The van der Waals surface area contributed by atoms with Crippen LogP contribution in [0.3, 0.4) is 0 Å². The van der Waals surface area contributed by atoms with Gasteiger partial charge in [0.25, 0.3) is 0 Å². The third kappa shape index (κ3) is 2320. The molecule has 0 fully saturated rings. The molecule has 0 atom stereocenters. The molecule has 0 bridgehead atoms. The molecule has 0 saturated carbocycles. The summed E-state index contributed by atoms with van der Waals surface area (Å²) in [6, 6.07) is 0. The molecule has 3 N–H and O–H groups in total. The molecule has 0 rings (SSSR count). The lowest BCUT2D eigenvalue weighted by atomic mass is 11.6. The van der Waals surface area contributed by atoms with Crippen LogP contribution in [0.5, 0.6) is 0 Å². The second kappa shape index (κ2) is 13.1. The molecule has 0 aliphatic heterocycles. The molecule has 0 saturated heterocycles. The first-order valence-corrected chi connectivity index (χ1v) is 3.30. The first-order chi connectivity index (χ1) is 5.20. The van der Waals surface area contributed by atoms with E-state index in [-0.39, 0.29) is 0 Å². The number of hydrogen-bond donors (Lipinski definition) is 6. The molecule has 0 heterocycles. The average molecular weight is 234 g/mol. The Labute approximate surface area is 83.8 Å². The third-order valence-electron chi connectivity index (χ3n) is 0. The maximum absolute atomic E-state index is 8.86. The highest BCUT2D eigenvalue weighted by molar-refractivity contribution is 7.96. The zero-order valence-corrected chi connectivity index (χ0v) is 8.09. The Morgan fingerprint density at radius 3 is 0.667 bits per heavy atom. The van der Waals surface area contributed by atoms with E-state index in [9.17, 15) is 0 Å². The van der Waals surface area contributed by atoms with Crippen molar-refractivity contribution < 1.29 is 29.7 Å². The van der Waals surface area contributed by atoms with Gasteiger partial charge in [0.2, 0.25) is 0 Å². The van der Waals surface area contributed by atoms with Gasteiger partial charge in [-0.05, 0) is 0 Å². The van der Waals surface area contributed by atoms with E-state index in [2.05, 4.69) is 37.9 Å². The maximum Gasteiger partial charge on any atom is 0.361 e. The SMILES string of the molecule is O=C(O)S.O=C(O)S.O=C(O)S. The van der Waals surface area contributed by atoms with Crippen LogP contribution in [0.4, 0.5) is 14.4 Å². The van der Waals surface area contributed by atoms with Crippen molar-refractivity contribution in [2.45, 2.75) is 0 Å². The molecule has 72 valence electrons. The van der Waals surface area contributed by atoms with E-state index in [1.54, 1.807) is 0 Å². The van der Waals surface area contributed by atoms with Crippen molar-refractivity contribution in [3.05, 3.63) is 0 Å². The number of carboxylic acid groups (broad SMARTS) is 3. The molecule has 0 aromatic carbocycles. The van der Waals surface area contributed by atoms with Crippen LogP contribution in [0.1, 0.15) is 0 Å². The smallest absolute Gasteiger partial charge is 0.361 e. The number of carbonyl (C=O) groups is 3. The fraction of sp³-hybridized carbons (Fsp3) is 0. The highest BCUT2D eigenvalue weighted by Gasteiger charge is 1.68. The highest BCUT2D eigenvalue weighted by atomic mass is 32.1. The normalized spacial score (nSPS) is 6.25. The summed E-state index contributed by atoms with van der Waals surface area (Å²) < 4.78 is 0. The quantitative estimate of drug-likeness (QED) is 0.356. The van der Waals surface area contributed by atoms with Gasteiger partial charge in [-0.2, -0.15) is 0 Å². The molecular formula is C3H6O6S3. The Morgan fingerprint density at radius 1 is 0.667 bits per heavy atom. The van der Waals surface area contributed by atoms with Gasteiger partial charge in [0.1, 0.15) is 0 Å². The minimum atomic E-state index is -1.14. The summed E-state index contributed by atoms with van der Waals surface area (Å²) in [5, 5.41) is 18.4. The van der Waals surface area contributed by atoms with Crippen molar-refractivity contribution in [3.8, 4) is 0 Å². The van der Waals surface area contributed by atoms with Gasteiger partial charge in [-0.1, -0.05) is 37.9 Å². The van der Waals surface area contributed by atoms with E-state index in [4.69, 9.17) is 29.7 Å². The van der Waals surface area contributed by atoms with Gasteiger partial charge in [-0.3, -0.25) is 0 Å². The number of rotatable bonds is 0. The summed E-state index contributed by atoms with van der Waals surface area (Å²) in [5.41, 5.74) is 0. The van der Waals surface area contributed by atoms with E-state index in [0.29, 0.717) is 0 Å². The van der Waals surface area contributed by atoms with Crippen molar-refractivity contribution in [1.82, 2.24) is 0 Å². The average Bonchev–Trinajstić information content (AvgIpc) is 1.54. The summed E-state index contributed by atoms with van der Waals surface area (Å²) in [4.78, 5) is 26.6. The van der Waals surface area contributed by atoms with Crippen molar-refractivity contribution >= 4 is 53.8 Å². The molecule has 0 amide bonds. The van der Waals surface area contributed by atoms with E-state index >= 15 is 0 Å². The molecular weight excluding hydrogens is 228 g/mol. The van der Waals surface area contributed by atoms with Crippen LogP contribution >= 0.6 is 37.9 Å². The van der Waals surface area contributed by atoms with Crippen molar-refractivity contribution in [2.75, 3.05) is 0 Å². The van der Waals surface area contributed by atoms with Crippen LogP contribution in [0.25, 0.3) is 0 Å². The van der Waals surface area contributed by atoms with Gasteiger partial charge in [-0.15, -0.1) is 0 Å². The van der Waals surface area contributed by atoms with Crippen LogP contribution in [0.15, 0.2) is 0 Å². The topological polar surface area (TPSA) is 112 Å². The molecule has 0 aromatic rings. The zero-order chi connectivity index (χ0) is 10.7. The Morgan fingerprint density at radius 2 is 0.667 bits per heavy atom. The summed E-state index contributed by atoms with van der Waals surface area (Å²) in [6.07, 6.45) is 0. The second-order valence-corrected chi connectivity index (χ2v) is 2.00. The van der Waals surface area contributed by atoms with Gasteiger partial charge >= 0.3 is 15.9 Å². The van der Waals surface area contributed by atoms with E-state index < -0.39 is 15.9 Å². The molecule has 0 aliphatic rings. The molecule has 12 heavy (non-hydrogen) atoms. The van der Waals surface area contributed by atoms with E-state index in [1.165, 1.54) is 0 Å². The predicted molar refractivity (Wildman–Crippen MR) is 51.0 cm³/mol. The summed E-state index contributed by atoms with van der Waals surface area (Å²) in [5.74, 6) is 0. The van der Waals surface area contributed by atoms with Crippen molar-refractivity contribution in [2.24, 2.45) is 0 Å². The van der Waals surface area contributed by atoms with Crippen molar-refractivity contribution in [3.63, 3.8) is 0 Å². The molecule has 0 radical (unpaired) electrons. The van der Waals surface area contributed by atoms with Gasteiger partial charge in [-0.25, -0.2) is 14.4 Å². The van der Waals surface area contributed by atoms with Crippen LogP contribution in [-0.2, 0) is 0 Å². The Balaban J connectivity index is -0.000000101. The lowest BCUT2D eigenvalue weighted by molar-refractivity contribution is 0.221. The van der Waals surface area contributed by atoms with Gasteiger partial charge in [0, 0.05) is 0 Å². The maximum atomic E-state index is 8.86. The number of hydrogen-bond acceptors (Lipinski definition) is 3. The lowest BCUT2D eigenvalue weighted by Gasteiger charge is -1.58. The molecule has 0 unspecified atom stereocenters. The number of thiol groups is 3. The monoisotopic (exact) mass is 234 g/mol. The van der Waals surface area contributed by atoms with Gasteiger partial charge < -0.3 is 15.3 Å².